The summed E-state index contributed by atoms with van der Waals surface area (Å²) in [5.74, 6) is 0.0678. The van der Waals surface area contributed by atoms with E-state index >= 15 is 0 Å². The van der Waals surface area contributed by atoms with E-state index in [-0.39, 0.29) is 23.9 Å². The molecule has 0 aliphatic carbocycles. The molecule has 1 saturated heterocycles. The average molecular weight is 476 g/mol. The second kappa shape index (κ2) is 11.5. The number of hydrogen-bond donors (Lipinski definition) is 2. The van der Waals surface area contributed by atoms with Crippen LogP contribution in [-0.2, 0) is 14.8 Å². The van der Waals surface area contributed by atoms with Crippen molar-refractivity contribution >= 4 is 27.3 Å². The van der Waals surface area contributed by atoms with Crippen molar-refractivity contribution in [2.75, 3.05) is 43.0 Å². The van der Waals surface area contributed by atoms with Gasteiger partial charge in [0.15, 0.2) is 0 Å². The number of nitrogens with zero attached hydrogens (tertiary/aromatic N) is 2. The molecule has 33 heavy (non-hydrogen) atoms. The van der Waals surface area contributed by atoms with E-state index in [0.29, 0.717) is 31.1 Å². The minimum atomic E-state index is -3.65. The number of aliphatic hydroxyl groups excluding tert-OH is 1. The van der Waals surface area contributed by atoms with Crippen molar-refractivity contribution in [3.63, 3.8) is 0 Å². The fourth-order valence-electron chi connectivity index (χ4n) is 3.89. The molecule has 8 nitrogen and oxygen atoms in total. The van der Waals surface area contributed by atoms with Gasteiger partial charge in [-0.3, -0.25) is 4.79 Å². The van der Waals surface area contributed by atoms with Gasteiger partial charge in [0, 0.05) is 25.3 Å². The fraction of sp³-hybridized carbons (Fsp3) is 0.458. The number of amides is 1. The number of sulfonamides is 1. The number of benzene rings is 2. The smallest absolute Gasteiger partial charge is 0.243 e. The molecule has 1 fully saturated rings. The fourth-order valence-corrected chi connectivity index (χ4v) is 5.43. The molecule has 2 N–H and O–H groups in total. The van der Waals surface area contributed by atoms with Crippen molar-refractivity contribution in [3.05, 3.63) is 48.5 Å². The molecule has 1 aliphatic rings. The van der Waals surface area contributed by atoms with Crippen LogP contribution in [-0.4, -0.2) is 62.6 Å². The third-order valence-electron chi connectivity index (χ3n) is 5.42. The van der Waals surface area contributed by atoms with Crippen LogP contribution in [0.2, 0.25) is 0 Å². The Kier molecular flexibility index (Phi) is 8.71. The van der Waals surface area contributed by atoms with Crippen LogP contribution in [0.25, 0.3) is 0 Å². The first-order valence-corrected chi connectivity index (χ1v) is 12.8. The van der Waals surface area contributed by atoms with E-state index in [0.717, 1.165) is 24.9 Å². The van der Waals surface area contributed by atoms with Crippen LogP contribution in [0.15, 0.2) is 53.4 Å². The SMILES string of the molecule is CCOc1ccc(S(=O)(=O)N2CCCCC2)cc1NC(=O)CN(CC(C)O)c1ccccc1. The highest BCUT2D eigenvalue weighted by molar-refractivity contribution is 7.89. The molecular weight excluding hydrogens is 442 g/mol. The van der Waals surface area contributed by atoms with Gasteiger partial charge in [-0.15, -0.1) is 0 Å². The maximum Gasteiger partial charge on any atom is 0.243 e. The zero-order valence-corrected chi connectivity index (χ0v) is 20.1. The third-order valence-corrected chi connectivity index (χ3v) is 7.31. The minimum absolute atomic E-state index is 0.0103. The summed E-state index contributed by atoms with van der Waals surface area (Å²) in [5, 5.41) is 12.7. The van der Waals surface area contributed by atoms with E-state index < -0.39 is 16.1 Å². The molecule has 2 aromatic carbocycles. The van der Waals surface area contributed by atoms with Gasteiger partial charge in [0.05, 0.1) is 29.8 Å². The summed E-state index contributed by atoms with van der Waals surface area (Å²) in [6.45, 7) is 5.13. The average Bonchev–Trinajstić information content (AvgIpc) is 2.80. The first kappa shape index (κ1) is 25.0. The lowest BCUT2D eigenvalue weighted by Crippen LogP contribution is -2.38. The molecule has 2 aromatic rings. The van der Waals surface area contributed by atoms with Gasteiger partial charge in [-0.1, -0.05) is 24.6 Å². The molecule has 0 bridgehead atoms. The van der Waals surface area contributed by atoms with Crippen LogP contribution in [0, 0.1) is 0 Å². The Morgan fingerprint density at radius 3 is 2.48 bits per heavy atom. The molecule has 9 heteroatoms. The number of hydrogen-bond acceptors (Lipinski definition) is 6. The second-order valence-electron chi connectivity index (χ2n) is 8.17. The Labute approximate surface area is 196 Å². The van der Waals surface area contributed by atoms with E-state index in [1.54, 1.807) is 17.9 Å². The molecule has 0 saturated carbocycles. The monoisotopic (exact) mass is 475 g/mol. The summed E-state index contributed by atoms with van der Waals surface area (Å²) in [5.41, 5.74) is 1.12. The number of anilines is 2. The number of para-hydroxylation sites is 1. The lowest BCUT2D eigenvalue weighted by Gasteiger charge is -2.27. The Morgan fingerprint density at radius 2 is 1.85 bits per heavy atom. The molecule has 1 amide bonds. The molecule has 180 valence electrons. The number of ether oxygens (including phenoxy) is 1. The topological polar surface area (TPSA) is 99.2 Å². The van der Waals surface area contributed by atoms with Crippen LogP contribution in [0.3, 0.4) is 0 Å². The Hall–Kier alpha value is -2.62. The number of aliphatic hydroxyl groups is 1. The normalized spacial score (nSPS) is 15.6. The molecule has 1 atom stereocenters. The van der Waals surface area contributed by atoms with Gasteiger partial charge < -0.3 is 20.1 Å². The van der Waals surface area contributed by atoms with E-state index in [9.17, 15) is 18.3 Å². The van der Waals surface area contributed by atoms with Crippen LogP contribution < -0.4 is 15.0 Å². The van der Waals surface area contributed by atoms with Gasteiger partial charge in [0.1, 0.15) is 5.75 Å². The first-order valence-electron chi connectivity index (χ1n) is 11.4. The van der Waals surface area contributed by atoms with Crippen molar-refractivity contribution in [2.24, 2.45) is 0 Å². The third kappa shape index (κ3) is 6.69. The lowest BCUT2D eigenvalue weighted by atomic mass is 10.2. The summed E-state index contributed by atoms with van der Waals surface area (Å²) in [4.78, 5) is 14.9. The zero-order valence-electron chi connectivity index (χ0n) is 19.2. The van der Waals surface area contributed by atoms with Gasteiger partial charge in [0.25, 0.3) is 0 Å². The van der Waals surface area contributed by atoms with Crippen molar-refractivity contribution in [1.29, 1.82) is 0 Å². The summed E-state index contributed by atoms with van der Waals surface area (Å²) >= 11 is 0. The predicted octanol–water partition coefficient (Wildman–Crippen LogP) is 3.09. The van der Waals surface area contributed by atoms with Crippen LogP contribution in [0.4, 0.5) is 11.4 Å². The van der Waals surface area contributed by atoms with E-state index in [1.165, 1.54) is 16.4 Å². The van der Waals surface area contributed by atoms with Gasteiger partial charge >= 0.3 is 0 Å². The van der Waals surface area contributed by atoms with Crippen molar-refractivity contribution in [3.8, 4) is 5.75 Å². The number of rotatable bonds is 10. The number of carbonyl (C=O) groups excluding carboxylic acids is 1. The van der Waals surface area contributed by atoms with E-state index in [1.807, 2.05) is 37.3 Å². The minimum Gasteiger partial charge on any atom is -0.492 e. The first-order chi connectivity index (χ1) is 15.8. The van der Waals surface area contributed by atoms with Crippen LogP contribution in [0.1, 0.15) is 33.1 Å². The van der Waals surface area contributed by atoms with Crippen LogP contribution in [0.5, 0.6) is 5.75 Å². The maximum absolute atomic E-state index is 13.1. The standard InChI is InChI=1S/C24H33N3O5S/c1-3-32-23-13-12-21(33(30,31)27-14-8-5-9-15-27)16-22(23)25-24(29)18-26(17-19(2)28)20-10-6-4-7-11-20/h4,6-7,10-13,16,19,28H,3,5,8-9,14-15,17-18H2,1-2H3,(H,25,29). The summed E-state index contributed by atoms with van der Waals surface area (Å²) in [6, 6.07) is 13.9. The maximum atomic E-state index is 13.1. The second-order valence-corrected chi connectivity index (χ2v) is 10.1. The van der Waals surface area contributed by atoms with E-state index in [2.05, 4.69) is 5.32 Å². The summed E-state index contributed by atoms with van der Waals surface area (Å²) in [6.07, 6.45) is 2.09. The van der Waals surface area contributed by atoms with E-state index in [4.69, 9.17) is 4.74 Å². The zero-order chi connectivity index (χ0) is 23.8. The lowest BCUT2D eigenvalue weighted by molar-refractivity contribution is -0.115. The molecule has 0 radical (unpaired) electrons. The Balaban J connectivity index is 1.83. The molecule has 1 heterocycles. The van der Waals surface area contributed by atoms with Crippen molar-refractivity contribution in [2.45, 2.75) is 44.1 Å². The number of carbonyl (C=O) groups is 1. The molecule has 1 aliphatic heterocycles. The molecule has 0 aromatic heterocycles. The van der Waals surface area contributed by atoms with Crippen LogP contribution >= 0.6 is 0 Å². The largest absolute Gasteiger partial charge is 0.492 e. The predicted molar refractivity (Wildman–Crippen MR) is 129 cm³/mol. The van der Waals surface area contributed by atoms with Gasteiger partial charge in [0.2, 0.25) is 15.9 Å². The van der Waals surface area contributed by atoms with Gasteiger partial charge in [-0.05, 0) is 57.0 Å². The Morgan fingerprint density at radius 1 is 1.15 bits per heavy atom. The summed E-state index contributed by atoms with van der Waals surface area (Å²) in [7, 11) is -3.65. The molecular formula is C24H33N3O5S. The highest BCUT2D eigenvalue weighted by atomic mass is 32.2. The molecule has 1 unspecified atom stereocenters. The summed E-state index contributed by atoms with van der Waals surface area (Å²) < 4.78 is 33.4. The number of piperidine rings is 1. The number of nitrogens with one attached hydrogen (secondary N) is 1. The Bertz CT molecular complexity index is 1020. The highest BCUT2D eigenvalue weighted by Gasteiger charge is 2.27. The van der Waals surface area contributed by atoms with Crippen molar-refractivity contribution in [1.82, 2.24) is 4.31 Å². The molecule has 3 rings (SSSR count). The van der Waals surface area contributed by atoms with Gasteiger partial charge in [-0.2, -0.15) is 4.31 Å². The van der Waals surface area contributed by atoms with Crippen molar-refractivity contribution < 1.29 is 23.1 Å². The molecule has 0 spiro atoms. The van der Waals surface area contributed by atoms with Gasteiger partial charge in [-0.25, -0.2) is 8.42 Å². The quantitative estimate of drug-likeness (QED) is 0.548. The highest BCUT2D eigenvalue weighted by Crippen LogP contribution is 2.30.